The molecule has 5 rings (SSSR count). The van der Waals surface area contributed by atoms with Crippen LogP contribution in [-0.4, -0.2) is 30.4 Å². The lowest BCUT2D eigenvalue weighted by molar-refractivity contribution is 0.115. The monoisotopic (exact) mass is 483 g/mol. The number of aryl methyl sites for hydroxylation is 1. The van der Waals surface area contributed by atoms with Gasteiger partial charge in [0.05, 0.1) is 0 Å². The third-order valence-electron chi connectivity index (χ3n) is 8.20. The molecule has 2 aliphatic rings. The molecule has 3 heteroatoms. The highest BCUT2D eigenvalue weighted by molar-refractivity contribution is 5.53. The van der Waals surface area contributed by atoms with E-state index in [-0.39, 0.29) is 17.6 Å². The second kappa shape index (κ2) is 9.94. The molecule has 36 heavy (non-hydrogen) atoms. The van der Waals surface area contributed by atoms with Gasteiger partial charge < -0.3 is 14.7 Å². The van der Waals surface area contributed by atoms with E-state index in [0.29, 0.717) is 11.8 Å². The van der Waals surface area contributed by atoms with Crippen molar-refractivity contribution < 1.29 is 9.84 Å². The Morgan fingerprint density at radius 3 is 2.25 bits per heavy atom. The summed E-state index contributed by atoms with van der Waals surface area (Å²) in [5.41, 5.74) is 6.81. The van der Waals surface area contributed by atoms with Crippen molar-refractivity contribution in [2.24, 2.45) is 5.41 Å². The number of ether oxygens (including phenoxy) is 1. The van der Waals surface area contributed by atoms with Gasteiger partial charge >= 0.3 is 0 Å². The van der Waals surface area contributed by atoms with Crippen molar-refractivity contribution in [1.82, 2.24) is 0 Å². The molecule has 3 nitrogen and oxygen atoms in total. The SMILES string of the molecule is CC1(CO)CCN(c2ccc([C@@H]3c4ccc(OC(C)(C)C)cc4CC[C@@H]3c3ccccc3)cc2)CC1. The minimum absolute atomic E-state index is 0.0701. The zero-order valence-corrected chi connectivity index (χ0v) is 22.3. The maximum Gasteiger partial charge on any atom is 0.120 e. The molecular formula is C33H41NO2. The van der Waals surface area contributed by atoms with Crippen LogP contribution in [-0.2, 0) is 6.42 Å². The normalized spacial score (nSPS) is 21.6. The van der Waals surface area contributed by atoms with Gasteiger partial charge in [0.15, 0.2) is 0 Å². The van der Waals surface area contributed by atoms with Gasteiger partial charge in [-0.05, 0) is 104 Å². The van der Waals surface area contributed by atoms with Gasteiger partial charge in [-0.25, -0.2) is 0 Å². The molecule has 2 atom stereocenters. The fraction of sp³-hybridized carbons (Fsp3) is 0.455. The maximum atomic E-state index is 9.73. The van der Waals surface area contributed by atoms with Crippen molar-refractivity contribution in [3.05, 3.63) is 95.1 Å². The van der Waals surface area contributed by atoms with Gasteiger partial charge in [-0.2, -0.15) is 0 Å². The quantitative estimate of drug-likeness (QED) is 0.412. The third kappa shape index (κ3) is 5.32. The van der Waals surface area contributed by atoms with Crippen LogP contribution in [0.1, 0.15) is 81.0 Å². The molecular weight excluding hydrogens is 442 g/mol. The Hall–Kier alpha value is -2.78. The number of nitrogens with zero attached hydrogens (tertiary/aromatic N) is 1. The summed E-state index contributed by atoms with van der Waals surface area (Å²) < 4.78 is 6.20. The Kier molecular flexibility index (Phi) is 6.87. The first-order chi connectivity index (χ1) is 17.2. The van der Waals surface area contributed by atoms with Crippen LogP contribution in [0.2, 0.25) is 0 Å². The van der Waals surface area contributed by atoms with Gasteiger partial charge in [-0.15, -0.1) is 0 Å². The molecule has 0 amide bonds. The summed E-state index contributed by atoms with van der Waals surface area (Å²) in [4.78, 5) is 2.47. The molecule has 1 saturated heterocycles. The van der Waals surface area contributed by atoms with Gasteiger partial charge in [0.25, 0.3) is 0 Å². The summed E-state index contributed by atoms with van der Waals surface area (Å²) in [5, 5.41) is 9.73. The van der Waals surface area contributed by atoms with Crippen molar-refractivity contribution in [1.29, 1.82) is 0 Å². The number of hydrogen-bond acceptors (Lipinski definition) is 3. The molecule has 0 aromatic heterocycles. The van der Waals surface area contributed by atoms with E-state index in [2.05, 4.69) is 105 Å². The van der Waals surface area contributed by atoms with E-state index >= 15 is 0 Å². The molecule has 3 aromatic rings. The Balaban J connectivity index is 1.46. The Bertz CT molecular complexity index is 1150. The Labute approximate surface area is 217 Å². The lowest BCUT2D eigenvalue weighted by Gasteiger charge is -2.39. The average molecular weight is 484 g/mol. The van der Waals surface area contributed by atoms with Gasteiger partial charge in [-0.1, -0.05) is 55.5 Å². The van der Waals surface area contributed by atoms with E-state index in [1.165, 1.54) is 27.9 Å². The summed E-state index contributed by atoms with van der Waals surface area (Å²) >= 11 is 0. The smallest absolute Gasteiger partial charge is 0.120 e. The van der Waals surface area contributed by atoms with Crippen molar-refractivity contribution in [2.45, 2.75) is 70.8 Å². The number of piperidine rings is 1. The fourth-order valence-corrected chi connectivity index (χ4v) is 6.04. The minimum Gasteiger partial charge on any atom is -0.488 e. The lowest BCUT2D eigenvalue weighted by Crippen LogP contribution is -2.40. The zero-order chi connectivity index (χ0) is 25.3. The highest BCUT2D eigenvalue weighted by Crippen LogP contribution is 2.47. The van der Waals surface area contributed by atoms with Crippen LogP contribution in [0.25, 0.3) is 0 Å². The first-order valence-corrected chi connectivity index (χ1v) is 13.6. The molecule has 190 valence electrons. The number of aliphatic hydroxyl groups is 1. The molecule has 0 bridgehead atoms. The topological polar surface area (TPSA) is 32.7 Å². The van der Waals surface area contributed by atoms with E-state index in [4.69, 9.17) is 4.74 Å². The van der Waals surface area contributed by atoms with E-state index in [0.717, 1.165) is 44.5 Å². The van der Waals surface area contributed by atoms with E-state index in [1.807, 2.05) is 0 Å². The second-order valence-electron chi connectivity index (χ2n) is 12.2. The minimum atomic E-state index is -0.201. The molecule has 1 aliphatic carbocycles. The molecule has 0 unspecified atom stereocenters. The molecule has 1 N–H and O–H groups in total. The van der Waals surface area contributed by atoms with Gasteiger partial charge in [-0.3, -0.25) is 0 Å². The van der Waals surface area contributed by atoms with Crippen LogP contribution in [0.15, 0.2) is 72.8 Å². The Morgan fingerprint density at radius 1 is 0.917 bits per heavy atom. The van der Waals surface area contributed by atoms with Crippen LogP contribution in [0, 0.1) is 5.41 Å². The molecule has 0 spiro atoms. The summed E-state index contributed by atoms with van der Waals surface area (Å²) in [7, 11) is 0. The Morgan fingerprint density at radius 2 is 1.61 bits per heavy atom. The van der Waals surface area contributed by atoms with Gasteiger partial charge in [0.1, 0.15) is 11.4 Å². The standard InChI is InChI=1S/C33H41NO2/c1-32(2,3)36-28-15-17-30-26(22-28)12-16-29(24-8-6-5-7-9-24)31(30)25-10-13-27(14-11-25)34-20-18-33(4,23-35)19-21-34/h5-11,13-15,17,22,29,31,35H,12,16,18-21,23H2,1-4H3/t29-,31+/m1/s1. The number of fused-ring (bicyclic) bond motifs is 1. The fourth-order valence-electron chi connectivity index (χ4n) is 6.04. The predicted octanol–water partition coefficient (Wildman–Crippen LogP) is 7.32. The van der Waals surface area contributed by atoms with Crippen molar-refractivity contribution in [3.8, 4) is 5.75 Å². The average Bonchev–Trinajstić information content (AvgIpc) is 2.88. The number of benzene rings is 3. The first-order valence-electron chi connectivity index (χ1n) is 13.6. The van der Waals surface area contributed by atoms with Gasteiger partial charge in [0.2, 0.25) is 0 Å². The molecule has 0 saturated carbocycles. The van der Waals surface area contributed by atoms with Crippen LogP contribution in [0.3, 0.4) is 0 Å². The van der Waals surface area contributed by atoms with Crippen LogP contribution >= 0.6 is 0 Å². The van der Waals surface area contributed by atoms with E-state index in [1.54, 1.807) is 0 Å². The largest absolute Gasteiger partial charge is 0.488 e. The van der Waals surface area contributed by atoms with Crippen LogP contribution in [0.4, 0.5) is 5.69 Å². The number of hydrogen-bond donors (Lipinski definition) is 1. The number of anilines is 1. The summed E-state index contributed by atoms with van der Waals surface area (Å²) in [5.74, 6) is 1.75. The van der Waals surface area contributed by atoms with E-state index in [9.17, 15) is 5.11 Å². The predicted molar refractivity (Wildman–Crippen MR) is 149 cm³/mol. The third-order valence-corrected chi connectivity index (χ3v) is 8.20. The van der Waals surface area contributed by atoms with Gasteiger partial charge in [0, 0.05) is 31.3 Å². The van der Waals surface area contributed by atoms with Crippen LogP contribution in [0.5, 0.6) is 5.75 Å². The van der Waals surface area contributed by atoms with Crippen molar-refractivity contribution >= 4 is 5.69 Å². The first kappa shape index (κ1) is 24.9. The van der Waals surface area contributed by atoms with Crippen molar-refractivity contribution in [2.75, 3.05) is 24.6 Å². The summed E-state index contributed by atoms with van der Waals surface area (Å²) in [6.07, 6.45) is 4.28. The summed E-state index contributed by atoms with van der Waals surface area (Å²) in [6.45, 7) is 10.8. The molecule has 1 aliphatic heterocycles. The molecule has 1 heterocycles. The number of rotatable bonds is 5. The highest BCUT2D eigenvalue weighted by atomic mass is 16.5. The highest BCUT2D eigenvalue weighted by Gasteiger charge is 2.33. The molecule has 0 radical (unpaired) electrons. The van der Waals surface area contributed by atoms with Crippen molar-refractivity contribution in [3.63, 3.8) is 0 Å². The van der Waals surface area contributed by atoms with Crippen LogP contribution < -0.4 is 9.64 Å². The number of aliphatic hydroxyl groups excluding tert-OH is 1. The molecule has 1 fully saturated rings. The second-order valence-corrected chi connectivity index (χ2v) is 12.2. The zero-order valence-electron chi connectivity index (χ0n) is 22.3. The lowest BCUT2D eigenvalue weighted by atomic mass is 9.69. The molecule has 3 aromatic carbocycles. The summed E-state index contributed by atoms with van der Waals surface area (Å²) in [6, 6.07) is 27.1. The maximum absolute atomic E-state index is 9.73. The van der Waals surface area contributed by atoms with E-state index < -0.39 is 0 Å².